The Morgan fingerprint density at radius 1 is 1.50 bits per heavy atom. The number of alkyl halides is 1. The third kappa shape index (κ3) is 3.32. The van der Waals surface area contributed by atoms with E-state index in [1.807, 2.05) is 11.8 Å². The van der Waals surface area contributed by atoms with Gasteiger partial charge in [0.05, 0.1) is 10.7 Å². The number of hydrogen-bond acceptors (Lipinski definition) is 2. The molecular formula is C12H22INO2. The zero-order valence-electron chi connectivity index (χ0n) is 10.6. The van der Waals surface area contributed by atoms with Gasteiger partial charge in [-0.3, -0.25) is 4.79 Å². The Hall–Kier alpha value is 0.160. The van der Waals surface area contributed by atoms with Gasteiger partial charge in [0.15, 0.2) is 0 Å². The van der Waals surface area contributed by atoms with Crippen LogP contribution in [-0.2, 0) is 9.53 Å². The first-order chi connectivity index (χ1) is 7.47. The molecule has 1 saturated heterocycles. The van der Waals surface area contributed by atoms with E-state index in [4.69, 9.17) is 4.74 Å². The molecule has 0 aromatic carbocycles. The minimum absolute atomic E-state index is 0.124. The van der Waals surface area contributed by atoms with Gasteiger partial charge < -0.3 is 9.64 Å². The lowest BCUT2D eigenvalue weighted by atomic mass is 9.97. The number of ether oxygens (including phenoxy) is 1. The number of likely N-dealkylation sites (tertiary alicyclic amines) is 1. The quantitative estimate of drug-likeness (QED) is 0.448. The van der Waals surface area contributed by atoms with Crippen molar-refractivity contribution in [2.45, 2.75) is 31.2 Å². The van der Waals surface area contributed by atoms with Crippen LogP contribution < -0.4 is 0 Å². The highest BCUT2D eigenvalue weighted by Gasteiger charge is 2.35. The molecule has 0 aliphatic carbocycles. The largest absolute Gasteiger partial charge is 0.384 e. The van der Waals surface area contributed by atoms with Crippen LogP contribution >= 0.6 is 22.6 Å². The Kier molecular flexibility index (Phi) is 5.50. The SMILES string of the molecule is COCC1C[C@@H](I)N(C(=O)C(C)C(C)C)C1. The van der Waals surface area contributed by atoms with Gasteiger partial charge in [0.1, 0.15) is 0 Å². The summed E-state index contributed by atoms with van der Waals surface area (Å²) < 4.78 is 5.51. The maximum absolute atomic E-state index is 12.2. The molecule has 1 aliphatic heterocycles. The molecular weight excluding hydrogens is 317 g/mol. The van der Waals surface area contributed by atoms with E-state index in [1.54, 1.807) is 7.11 Å². The first kappa shape index (κ1) is 14.2. The van der Waals surface area contributed by atoms with Crippen LogP contribution in [0.2, 0.25) is 0 Å². The number of methoxy groups -OCH3 is 1. The van der Waals surface area contributed by atoms with Crippen LogP contribution in [-0.4, -0.2) is 35.1 Å². The van der Waals surface area contributed by atoms with Crippen LogP contribution in [0.4, 0.5) is 0 Å². The first-order valence-electron chi connectivity index (χ1n) is 5.90. The topological polar surface area (TPSA) is 29.5 Å². The second kappa shape index (κ2) is 6.19. The molecule has 1 amide bonds. The molecule has 16 heavy (non-hydrogen) atoms. The van der Waals surface area contributed by atoms with Crippen molar-refractivity contribution in [1.82, 2.24) is 4.90 Å². The van der Waals surface area contributed by atoms with Crippen LogP contribution in [0.15, 0.2) is 0 Å². The standard InChI is InChI=1S/C12H22INO2/c1-8(2)9(3)12(15)14-6-10(7-16-4)5-11(14)13/h8-11H,5-7H2,1-4H3/t9?,10?,11-/m0/s1. The average molecular weight is 339 g/mol. The number of amides is 1. The van der Waals surface area contributed by atoms with Crippen LogP contribution in [0.1, 0.15) is 27.2 Å². The van der Waals surface area contributed by atoms with Crippen molar-refractivity contribution in [3.8, 4) is 0 Å². The van der Waals surface area contributed by atoms with E-state index in [0.717, 1.165) is 19.6 Å². The van der Waals surface area contributed by atoms with Crippen molar-refractivity contribution in [3.05, 3.63) is 0 Å². The Balaban J connectivity index is 2.57. The molecule has 0 aromatic heterocycles. The summed E-state index contributed by atoms with van der Waals surface area (Å²) in [6.45, 7) is 7.86. The number of hydrogen-bond donors (Lipinski definition) is 0. The molecule has 4 heteroatoms. The van der Waals surface area contributed by atoms with Crippen LogP contribution in [0.5, 0.6) is 0 Å². The number of carbonyl (C=O) groups is 1. The summed E-state index contributed by atoms with van der Waals surface area (Å²) in [6, 6.07) is 0. The van der Waals surface area contributed by atoms with Crippen molar-refractivity contribution >= 4 is 28.5 Å². The fourth-order valence-corrected chi connectivity index (χ4v) is 3.22. The predicted octanol–water partition coefficient (Wildman–Crippen LogP) is 2.53. The molecule has 1 fully saturated rings. The second-order valence-electron chi connectivity index (χ2n) is 5.01. The maximum atomic E-state index is 12.2. The number of halogens is 1. The fraction of sp³-hybridized carbons (Fsp3) is 0.917. The van der Waals surface area contributed by atoms with Gasteiger partial charge >= 0.3 is 0 Å². The van der Waals surface area contributed by atoms with Gasteiger partial charge in [0, 0.05) is 25.5 Å². The molecule has 3 atom stereocenters. The van der Waals surface area contributed by atoms with E-state index in [1.165, 1.54) is 0 Å². The summed E-state index contributed by atoms with van der Waals surface area (Å²) in [7, 11) is 1.73. The van der Waals surface area contributed by atoms with E-state index < -0.39 is 0 Å². The van der Waals surface area contributed by atoms with E-state index >= 15 is 0 Å². The average Bonchev–Trinajstić information content (AvgIpc) is 2.58. The van der Waals surface area contributed by atoms with Gasteiger partial charge in [-0.15, -0.1) is 0 Å². The molecule has 0 aromatic rings. The minimum atomic E-state index is 0.124. The maximum Gasteiger partial charge on any atom is 0.226 e. The number of nitrogens with zero attached hydrogens (tertiary/aromatic N) is 1. The lowest BCUT2D eigenvalue weighted by Crippen LogP contribution is -2.38. The summed E-state index contributed by atoms with van der Waals surface area (Å²) in [5.74, 6) is 1.35. The van der Waals surface area contributed by atoms with Crippen LogP contribution in [0, 0.1) is 17.8 Å². The first-order valence-corrected chi connectivity index (χ1v) is 7.15. The van der Waals surface area contributed by atoms with Crippen molar-refractivity contribution in [1.29, 1.82) is 0 Å². The molecule has 2 unspecified atom stereocenters. The van der Waals surface area contributed by atoms with Gasteiger partial charge in [0.25, 0.3) is 0 Å². The molecule has 94 valence electrons. The molecule has 1 heterocycles. The summed E-state index contributed by atoms with van der Waals surface area (Å²) in [5.41, 5.74) is 0. The molecule has 1 aliphatic rings. The van der Waals surface area contributed by atoms with Crippen molar-refractivity contribution < 1.29 is 9.53 Å². The normalized spacial score (nSPS) is 27.5. The van der Waals surface area contributed by atoms with Gasteiger partial charge in [-0.05, 0) is 12.3 Å². The summed E-state index contributed by atoms with van der Waals surface area (Å²) in [6.07, 6.45) is 1.06. The lowest BCUT2D eigenvalue weighted by molar-refractivity contribution is -0.135. The van der Waals surface area contributed by atoms with Gasteiger partial charge in [-0.2, -0.15) is 0 Å². The van der Waals surface area contributed by atoms with Crippen molar-refractivity contribution in [3.63, 3.8) is 0 Å². The Morgan fingerprint density at radius 2 is 2.12 bits per heavy atom. The Morgan fingerprint density at radius 3 is 2.62 bits per heavy atom. The lowest BCUT2D eigenvalue weighted by Gasteiger charge is -2.26. The molecule has 0 spiro atoms. The highest BCUT2D eigenvalue weighted by molar-refractivity contribution is 14.1. The third-order valence-corrected chi connectivity index (χ3v) is 4.58. The van der Waals surface area contributed by atoms with Crippen molar-refractivity contribution in [2.75, 3.05) is 20.3 Å². The van der Waals surface area contributed by atoms with Crippen LogP contribution in [0.25, 0.3) is 0 Å². The van der Waals surface area contributed by atoms with E-state index in [2.05, 4.69) is 36.4 Å². The van der Waals surface area contributed by atoms with Gasteiger partial charge in [0.2, 0.25) is 5.91 Å². The molecule has 0 N–H and O–H groups in total. The van der Waals surface area contributed by atoms with Crippen LogP contribution in [0.3, 0.4) is 0 Å². The van der Waals surface area contributed by atoms with Gasteiger partial charge in [-0.1, -0.05) is 43.4 Å². The molecule has 0 bridgehead atoms. The fourth-order valence-electron chi connectivity index (χ4n) is 2.00. The zero-order chi connectivity index (χ0) is 12.3. The summed E-state index contributed by atoms with van der Waals surface area (Å²) in [4.78, 5) is 14.3. The highest BCUT2D eigenvalue weighted by atomic mass is 127. The monoisotopic (exact) mass is 339 g/mol. The van der Waals surface area contributed by atoms with E-state index in [9.17, 15) is 4.79 Å². The smallest absolute Gasteiger partial charge is 0.226 e. The molecule has 1 rings (SSSR count). The van der Waals surface area contributed by atoms with Crippen molar-refractivity contribution in [2.24, 2.45) is 17.8 Å². The summed E-state index contributed by atoms with van der Waals surface area (Å²) in [5, 5.41) is 0. The van der Waals surface area contributed by atoms with Gasteiger partial charge in [-0.25, -0.2) is 0 Å². The van der Waals surface area contributed by atoms with E-state index in [-0.39, 0.29) is 5.92 Å². The molecule has 3 nitrogen and oxygen atoms in total. The number of rotatable bonds is 4. The minimum Gasteiger partial charge on any atom is -0.384 e. The zero-order valence-corrected chi connectivity index (χ0v) is 12.7. The number of carbonyl (C=O) groups excluding carboxylic acids is 1. The Bertz CT molecular complexity index is 245. The highest BCUT2D eigenvalue weighted by Crippen LogP contribution is 2.30. The molecule has 0 radical (unpaired) electrons. The van der Waals surface area contributed by atoms with E-state index in [0.29, 0.717) is 21.8 Å². The predicted molar refractivity (Wildman–Crippen MR) is 73.5 cm³/mol. The summed E-state index contributed by atoms with van der Waals surface area (Å²) >= 11 is 2.37. The third-order valence-electron chi connectivity index (χ3n) is 3.40. The second-order valence-corrected chi connectivity index (χ2v) is 6.45. The molecule has 0 saturated carbocycles. The Labute approximate surface area is 112 Å².